The highest BCUT2D eigenvalue weighted by atomic mass is 19.1. The Balaban J connectivity index is 1.95. The number of carbonyl (C=O) groups is 1. The summed E-state index contributed by atoms with van der Waals surface area (Å²) in [6.45, 7) is 10.4. The molecule has 0 radical (unpaired) electrons. The number of ether oxygens (including phenoxy) is 2. The van der Waals surface area contributed by atoms with Crippen molar-refractivity contribution >= 4 is 5.97 Å². The first-order chi connectivity index (χ1) is 14.1. The maximum Gasteiger partial charge on any atom is 0.356 e. The maximum atomic E-state index is 13.4. The molecule has 1 fully saturated rings. The van der Waals surface area contributed by atoms with E-state index in [1.807, 2.05) is 32.3 Å². The molecule has 7 heteroatoms. The van der Waals surface area contributed by atoms with E-state index >= 15 is 0 Å². The number of carboxylic acid groups (broad SMARTS) is 1. The standard InChI is InChI=1S/C23H31FN2O4/c1-6-17-13-18(30-23(4,5)29-17)11-12-26-20(14(2)3)19(22(27)28)25-21(26)15-7-9-16(24)10-8-15/h7-10,14,17-18H,6,11-13H2,1-5H3,(H,27,28)/t17-,18+/m0/s1. The Morgan fingerprint density at radius 2 is 1.90 bits per heavy atom. The van der Waals surface area contributed by atoms with E-state index in [1.165, 1.54) is 12.1 Å². The molecule has 0 spiro atoms. The lowest BCUT2D eigenvalue weighted by atomic mass is 10.0. The average molecular weight is 419 g/mol. The fourth-order valence-corrected chi connectivity index (χ4v) is 4.17. The Morgan fingerprint density at radius 3 is 2.47 bits per heavy atom. The Hall–Kier alpha value is -2.25. The topological polar surface area (TPSA) is 73.6 Å². The lowest BCUT2D eigenvalue weighted by Crippen LogP contribution is -2.44. The van der Waals surface area contributed by atoms with Gasteiger partial charge in [0.1, 0.15) is 11.6 Å². The molecule has 3 rings (SSSR count). The molecular weight excluding hydrogens is 387 g/mol. The zero-order chi connectivity index (χ0) is 22.1. The van der Waals surface area contributed by atoms with Crippen LogP contribution in [0.15, 0.2) is 24.3 Å². The van der Waals surface area contributed by atoms with Crippen LogP contribution in [-0.4, -0.2) is 38.6 Å². The summed E-state index contributed by atoms with van der Waals surface area (Å²) in [4.78, 5) is 16.3. The van der Waals surface area contributed by atoms with Crippen molar-refractivity contribution in [3.05, 3.63) is 41.5 Å². The molecule has 0 unspecified atom stereocenters. The number of imidazole rings is 1. The van der Waals surface area contributed by atoms with E-state index in [-0.39, 0.29) is 29.6 Å². The number of rotatable bonds is 7. The monoisotopic (exact) mass is 418 g/mol. The number of hydrogen-bond donors (Lipinski definition) is 1. The van der Waals surface area contributed by atoms with Crippen molar-refractivity contribution in [2.45, 2.75) is 84.3 Å². The summed E-state index contributed by atoms with van der Waals surface area (Å²) < 4.78 is 27.5. The molecule has 0 bridgehead atoms. The van der Waals surface area contributed by atoms with Crippen LogP contribution in [-0.2, 0) is 16.0 Å². The maximum absolute atomic E-state index is 13.4. The molecular formula is C23H31FN2O4. The fourth-order valence-electron chi connectivity index (χ4n) is 4.17. The molecule has 1 aliphatic rings. The van der Waals surface area contributed by atoms with Crippen molar-refractivity contribution in [3.63, 3.8) is 0 Å². The zero-order valence-electron chi connectivity index (χ0n) is 18.3. The number of aromatic nitrogens is 2. The summed E-state index contributed by atoms with van der Waals surface area (Å²) in [6.07, 6.45) is 2.54. The van der Waals surface area contributed by atoms with Gasteiger partial charge < -0.3 is 19.1 Å². The van der Waals surface area contributed by atoms with Gasteiger partial charge in [-0.2, -0.15) is 0 Å². The van der Waals surface area contributed by atoms with Crippen molar-refractivity contribution in [2.75, 3.05) is 0 Å². The first-order valence-corrected chi connectivity index (χ1v) is 10.6. The third-order valence-corrected chi connectivity index (χ3v) is 5.42. The highest BCUT2D eigenvalue weighted by Gasteiger charge is 2.35. The van der Waals surface area contributed by atoms with Gasteiger partial charge in [-0.15, -0.1) is 0 Å². The number of aromatic carboxylic acids is 1. The smallest absolute Gasteiger partial charge is 0.356 e. The number of carboxylic acids is 1. The third kappa shape index (κ3) is 4.90. The quantitative estimate of drug-likeness (QED) is 0.667. The molecule has 0 saturated carbocycles. The van der Waals surface area contributed by atoms with Crippen LogP contribution in [0.1, 0.15) is 76.0 Å². The fraction of sp³-hybridized carbons (Fsp3) is 0.565. The summed E-state index contributed by atoms with van der Waals surface area (Å²) in [7, 11) is 0. The first-order valence-electron chi connectivity index (χ1n) is 10.6. The van der Waals surface area contributed by atoms with Gasteiger partial charge in [0.05, 0.1) is 17.9 Å². The molecule has 1 N–H and O–H groups in total. The summed E-state index contributed by atoms with van der Waals surface area (Å²) in [5, 5.41) is 9.72. The van der Waals surface area contributed by atoms with Crippen molar-refractivity contribution < 1.29 is 23.8 Å². The van der Waals surface area contributed by atoms with Crippen LogP contribution < -0.4 is 0 Å². The molecule has 1 saturated heterocycles. The van der Waals surface area contributed by atoms with E-state index in [1.54, 1.807) is 12.1 Å². The number of benzene rings is 1. The second-order valence-corrected chi connectivity index (χ2v) is 8.60. The summed E-state index contributed by atoms with van der Waals surface area (Å²) in [5.74, 6) is -1.55. The van der Waals surface area contributed by atoms with Gasteiger partial charge in [-0.05, 0) is 56.9 Å². The molecule has 6 nitrogen and oxygen atoms in total. The largest absolute Gasteiger partial charge is 0.476 e. The highest BCUT2D eigenvalue weighted by molar-refractivity contribution is 5.88. The van der Waals surface area contributed by atoms with E-state index in [9.17, 15) is 14.3 Å². The average Bonchev–Trinajstić information content (AvgIpc) is 3.05. The van der Waals surface area contributed by atoms with Crippen LogP contribution in [0, 0.1) is 5.82 Å². The van der Waals surface area contributed by atoms with Crippen LogP contribution in [0.25, 0.3) is 11.4 Å². The minimum Gasteiger partial charge on any atom is -0.476 e. The zero-order valence-corrected chi connectivity index (χ0v) is 18.3. The molecule has 2 aromatic rings. The second-order valence-electron chi connectivity index (χ2n) is 8.60. The van der Waals surface area contributed by atoms with Crippen LogP contribution in [0.5, 0.6) is 0 Å². The van der Waals surface area contributed by atoms with Gasteiger partial charge in [-0.1, -0.05) is 20.8 Å². The molecule has 0 aliphatic carbocycles. The number of hydrogen-bond acceptors (Lipinski definition) is 4. The van der Waals surface area contributed by atoms with Gasteiger partial charge >= 0.3 is 5.97 Å². The summed E-state index contributed by atoms with van der Waals surface area (Å²) >= 11 is 0. The van der Waals surface area contributed by atoms with E-state index in [2.05, 4.69) is 11.9 Å². The van der Waals surface area contributed by atoms with Crippen LogP contribution in [0.3, 0.4) is 0 Å². The predicted molar refractivity (Wildman–Crippen MR) is 112 cm³/mol. The minimum atomic E-state index is -1.06. The van der Waals surface area contributed by atoms with E-state index in [0.717, 1.165) is 12.8 Å². The van der Waals surface area contributed by atoms with E-state index in [0.29, 0.717) is 30.0 Å². The van der Waals surface area contributed by atoms with Gasteiger partial charge in [0.25, 0.3) is 0 Å². The molecule has 0 amide bonds. The Bertz CT molecular complexity index is 889. The SMILES string of the molecule is CC[C@H]1C[C@@H](CCn2c(-c3ccc(F)cc3)nc(C(=O)O)c2C(C)C)OC(C)(C)O1. The number of halogens is 1. The van der Waals surface area contributed by atoms with Gasteiger partial charge in [0.2, 0.25) is 0 Å². The molecule has 2 atom stereocenters. The van der Waals surface area contributed by atoms with Crippen molar-refractivity contribution in [1.82, 2.24) is 9.55 Å². The normalized spacial score (nSPS) is 21.2. The van der Waals surface area contributed by atoms with Crippen molar-refractivity contribution in [3.8, 4) is 11.4 Å². The molecule has 2 heterocycles. The minimum absolute atomic E-state index is 0.00421. The Kier molecular flexibility index (Phi) is 6.62. The van der Waals surface area contributed by atoms with Gasteiger partial charge in [-0.3, -0.25) is 0 Å². The van der Waals surface area contributed by atoms with Crippen molar-refractivity contribution in [2.24, 2.45) is 0 Å². The third-order valence-electron chi connectivity index (χ3n) is 5.42. The predicted octanol–water partition coefficient (Wildman–Crippen LogP) is 5.22. The Morgan fingerprint density at radius 1 is 1.27 bits per heavy atom. The summed E-state index contributed by atoms with van der Waals surface area (Å²) in [5.41, 5.74) is 1.40. The van der Waals surface area contributed by atoms with E-state index in [4.69, 9.17) is 9.47 Å². The molecule has 1 aromatic carbocycles. The molecule has 164 valence electrons. The Labute approximate surface area is 177 Å². The van der Waals surface area contributed by atoms with Crippen molar-refractivity contribution in [1.29, 1.82) is 0 Å². The second kappa shape index (κ2) is 8.86. The molecule has 30 heavy (non-hydrogen) atoms. The first kappa shape index (κ1) is 22.4. The van der Waals surface area contributed by atoms with Crippen LogP contribution >= 0.6 is 0 Å². The molecule has 1 aromatic heterocycles. The van der Waals surface area contributed by atoms with Crippen LogP contribution in [0.4, 0.5) is 4.39 Å². The highest BCUT2D eigenvalue weighted by Crippen LogP contribution is 2.32. The van der Waals surface area contributed by atoms with Crippen LogP contribution in [0.2, 0.25) is 0 Å². The summed E-state index contributed by atoms with van der Waals surface area (Å²) in [6, 6.07) is 5.98. The van der Waals surface area contributed by atoms with Gasteiger partial charge in [0.15, 0.2) is 11.5 Å². The lowest BCUT2D eigenvalue weighted by molar-refractivity contribution is -0.300. The molecule has 1 aliphatic heterocycles. The van der Waals surface area contributed by atoms with Gasteiger partial charge in [-0.25, -0.2) is 14.2 Å². The number of nitrogens with zero attached hydrogens (tertiary/aromatic N) is 2. The van der Waals surface area contributed by atoms with Gasteiger partial charge in [0, 0.05) is 18.5 Å². The lowest BCUT2D eigenvalue weighted by Gasteiger charge is -2.40. The van der Waals surface area contributed by atoms with E-state index < -0.39 is 11.8 Å².